The Labute approximate surface area is 120 Å². The second kappa shape index (κ2) is 5.52. The topological polar surface area (TPSA) is 78.2 Å². The van der Waals surface area contributed by atoms with E-state index in [1.807, 2.05) is 0 Å². The van der Waals surface area contributed by atoms with Gasteiger partial charge in [0.25, 0.3) is 0 Å². The maximum absolute atomic E-state index is 12.8. The van der Waals surface area contributed by atoms with Gasteiger partial charge < -0.3 is 4.74 Å². The Morgan fingerprint density at radius 3 is 2.52 bits per heavy atom. The summed E-state index contributed by atoms with van der Waals surface area (Å²) in [5, 5.41) is 10.3. The van der Waals surface area contributed by atoms with Crippen molar-refractivity contribution in [3.8, 4) is 11.6 Å². The molecule has 0 fully saturated rings. The summed E-state index contributed by atoms with van der Waals surface area (Å²) in [6, 6.07) is 4.25. The highest BCUT2D eigenvalue weighted by Gasteiger charge is 2.35. The summed E-state index contributed by atoms with van der Waals surface area (Å²) in [5.41, 5.74) is -1.90. The molecule has 0 aliphatic carbocycles. The lowest BCUT2D eigenvalue weighted by atomic mass is 10.2. The molecular weight excluding hydrogens is 315 g/mol. The number of hydrogen-bond donors (Lipinski definition) is 0. The first-order chi connectivity index (χ1) is 9.80. The van der Waals surface area contributed by atoms with E-state index in [0.717, 1.165) is 24.5 Å². The molecule has 0 N–H and O–H groups in total. The van der Waals surface area contributed by atoms with Crippen LogP contribution in [0, 0.1) is 10.1 Å². The molecule has 10 heteroatoms. The lowest BCUT2D eigenvalue weighted by Gasteiger charge is -2.12. The van der Waals surface area contributed by atoms with Crippen LogP contribution in [0.1, 0.15) is 5.56 Å². The number of hydrogen-bond acceptors (Lipinski definition) is 5. The Balaban J connectivity index is 2.50. The second-order valence-electron chi connectivity index (χ2n) is 3.67. The van der Waals surface area contributed by atoms with E-state index in [9.17, 15) is 23.3 Å². The number of rotatable bonds is 3. The lowest BCUT2D eigenvalue weighted by molar-refractivity contribution is -0.386. The summed E-state index contributed by atoms with van der Waals surface area (Å²) in [5.74, 6) is -1.29. The van der Waals surface area contributed by atoms with Crippen LogP contribution in [0.2, 0.25) is 5.15 Å². The van der Waals surface area contributed by atoms with Gasteiger partial charge in [-0.15, -0.1) is 0 Å². The molecule has 0 unspecified atom stereocenters. The molecule has 21 heavy (non-hydrogen) atoms. The van der Waals surface area contributed by atoms with Crippen LogP contribution in [0.3, 0.4) is 0 Å². The summed E-state index contributed by atoms with van der Waals surface area (Å²) < 4.78 is 43.4. The molecule has 0 radical (unpaired) electrons. The molecule has 0 saturated heterocycles. The summed E-state index contributed by atoms with van der Waals surface area (Å²) in [7, 11) is 0. The van der Waals surface area contributed by atoms with E-state index in [1.165, 1.54) is 6.07 Å². The fourth-order valence-electron chi connectivity index (χ4n) is 1.46. The standard InChI is InChI=1S/C11H5ClF3N3O3/c12-9-8(18(19)20)10(17-5-16-9)21-7-4-2-1-3-6(7)11(13,14)15/h1-5H. The van der Waals surface area contributed by atoms with Gasteiger partial charge in [-0.05, 0) is 12.1 Å². The number of nitro groups is 1. The monoisotopic (exact) mass is 319 g/mol. The molecule has 1 aromatic carbocycles. The highest BCUT2D eigenvalue weighted by atomic mass is 35.5. The predicted octanol–water partition coefficient (Wildman–Crippen LogP) is 3.85. The molecule has 0 bridgehead atoms. The summed E-state index contributed by atoms with van der Waals surface area (Å²) in [4.78, 5) is 16.8. The van der Waals surface area contributed by atoms with Crippen LogP contribution in [0.15, 0.2) is 30.6 Å². The average Bonchev–Trinajstić information content (AvgIpc) is 2.37. The van der Waals surface area contributed by atoms with Crippen LogP contribution in [0.25, 0.3) is 0 Å². The lowest BCUT2D eigenvalue weighted by Crippen LogP contribution is -2.07. The van der Waals surface area contributed by atoms with Crippen LogP contribution >= 0.6 is 11.6 Å². The minimum atomic E-state index is -4.68. The molecule has 6 nitrogen and oxygen atoms in total. The quantitative estimate of drug-likeness (QED) is 0.488. The molecular formula is C11H5ClF3N3O3. The first-order valence-electron chi connectivity index (χ1n) is 5.29. The fraction of sp³-hybridized carbons (Fsp3) is 0.0909. The van der Waals surface area contributed by atoms with Gasteiger partial charge in [0.15, 0.2) is 0 Å². The maximum atomic E-state index is 12.8. The zero-order valence-electron chi connectivity index (χ0n) is 9.96. The van der Waals surface area contributed by atoms with Crippen molar-refractivity contribution in [2.75, 3.05) is 0 Å². The highest BCUT2D eigenvalue weighted by Crippen LogP contribution is 2.40. The first-order valence-corrected chi connectivity index (χ1v) is 5.67. The molecule has 0 aliphatic heterocycles. The van der Waals surface area contributed by atoms with E-state index in [4.69, 9.17) is 16.3 Å². The number of para-hydroxylation sites is 1. The smallest absolute Gasteiger partial charge is 0.419 e. The van der Waals surface area contributed by atoms with E-state index in [-0.39, 0.29) is 0 Å². The number of halogens is 4. The average molecular weight is 320 g/mol. The highest BCUT2D eigenvalue weighted by molar-refractivity contribution is 6.31. The van der Waals surface area contributed by atoms with Crippen LogP contribution in [0.4, 0.5) is 18.9 Å². The second-order valence-corrected chi connectivity index (χ2v) is 4.03. The number of benzene rings is 1. The number of alkyl halides is 3. The third-order valence-corrected chi connectivity index (χ3v) is 2.60. The fourth-order valence-corrected chi connectivity index (χ4v) is 1.66. The molecule has 110 valence electrons. The summed E-state index contributed by atoms with van der Waals surface area (Å²) >= 11 is 5.53. The third-order valence-electron chi connectivity index (χ3n) is 2.33. The van der Waals surface area contributed by atoms with Crippen LogP contribution in [-0.4, -0.2) is 14.9 Å². The first kappa shape index (κ1) is 15.0. The minimum Gasteiger partial charge on any atom is -0.433 e. The Morgan fingerprint density at radius 2 is 1.90 bits per heavy atom. The van der Waals surface area contributed by atoms with Gasteiger partial charge in [-0.1, -0.05) is 23.7 Å². The summed E-state index contributed by atoms with van der Waals surface area (Å²) in [6.45, 7) is 0. The van der Waals surface area contributed by atoms with E-state index >= 15 is 0 Å². The Kier molecular flexibility index (Phi) is 3.94. The zero-order chi connectivity index (χ0) is 15.6. The van der Waals surface area contributed by atoms with Crippen molar-refractivity contribution in [3.05, 3.63) is 51.4 Å². The molecule has 0 atom stereocenters. The molecule has 1 aromatic heterocycles. The van der Waals surface area contributed by atoms with Gasteiger partial charge in [0.05, 0.1) is 10.5 Å². The van der Waals surface area contributed by atoms with E-state index in [0.29, 0.717) is 0 Å². The molecule has 2 rings (SSSR count). The van der Waals surface area contributed by atoms with Crippen molar-refractivity contribution in [1.82, 2.24) is 9.97 Å². The van der Waals surface area contributed by atoms with Crippen molar-refractivity contribution in [2.24, 2.45) is 0 Å². The Hall–Kier alpha value is -2.42. The van der Waals surface area contributed by atoms with E-state index in [1.54, 1.807) is 0 Å². The summed E-state index contributed by atoms with van der Waals surface area (Å²) in [6.07, 6.45) is -3.83. The zero-order valence-corrected chi connectivity index (χ0v) is 10.7. The normalized spacial score (nSPS) is 11.2. The van der Waals surface area contributed by atoms with Gasteiger partial charge >= 0.3 is 17.7 Å². The van der Waals surface area contributed by atoms with Crippen molar-refractivity contribution >= 4 is 17.3 Å². The molecule has 1 heterocycles. The van der Waals surface area contributed by atoms with Gasteiger partial charge in [-0.2, -0.15) is 18.2 Å². The van der Waals surface area contributed by atoms with Crippen molar-refractivity contribution in [2.45, 2.75) is 6.18 Å². The minimum absolute atomic E-state index is 0.533. The van der Waals surface area contributed by atoms with E-state index in [2.05, 4.69) is 9.97 Å². The largest absolute Gasteiger partial charge is 0.433 e. The molecule has 0 saturated carbocycles. The van der Waals surface area contributed by atoms with Crippen LogP contribution in [0.5, 0.6) is 11.6 Å². The SMILES string of the molecule is O=[N+]([O-])c1c(Cl)ncnc1Oc1ccccc1C(F)(F)F. The molecule has 0 spiro atoms. The Bertz CT molecular complexity index is 694. The van der Waals surface area contributed by atoms with Gasteiger partial charge in [0.2, 0.25) is 5.15 Å². The van der Waals surface area contributed by atoms with Crippen LogP contribution < -0.4 is 4.74 Å². The molecule has 2 aromatic rings. The van der Waals surface area contributed by atoms with Crippen molar-refractivity contribution in [1.29, 1.82) is 0 Å². The number of aromatic nitrogens is 2. The van der Waals surface area contributed by atoms with E-state index < -0.39 is 39.1 Å². The van der Waals surface area contributed by atoms with Crippen molar-refractivity contribution in [3.63, 3.8) is 0 Å². The van der Waals surface area contributed by atoms with Gasteiger partial charge in [-0.25, -0.2) is 4.98 Å². The maximum Gasteiger partial charge on any atom is 0.419 e. The predicted molar refractivity (Wildman–Crippen MR) is 65.2 cm³/mol. The Morgan fingerprint density at radius 1 is 1.24 bits per heavy atom. The van der Waals surface area contributed by atoms with Gasteiger partial charge in [0, 0.05) is 0 Å². The number of ether oxygens (including phenoxy) is 1. The number of nitrogens with zero attached hydrogens (tertiary/aromatic N) is 3. The van der Waals surface area contributed by atoms with Gasteiger partial charge in [-0.3, -0.25) is 10.1 Å². The molecule has 0 amide bonds. The van der Waals surface area contributed by atoms with Gasteiger partial charge in [0.1, 0.15) is 12.1 Å². The van der Waals surface area contributed by atoms with Crippen LogP contribution in [-0.2, 0) is 6.18 Å². The van der Waals surface area contributed by atoms with Crippen molar-refractivity contribution < 1.29 is 22.8 Å². The third kappa shape index (κ3) is 3.19. The molecule has 0 aliphatic rings.